The molecule has 8 saturated heterocycles. The summed E-state index contributed by atoms with van der Waals surface area (Å²) in [6.45, 7) is 36.1. The minimum Gasteiger partial charge on any atom is -0.481 e. The molecule has 2 aromatic rings. The highest BCUT2D eigenvalue weighted by Crippen LogP contribution is 2.63. The number of anilines is 1. The number of ether oxygens (including phenoxy) is 4. The van der Waals surface area contributed by atoms with Crippen LogP contribution in [0.1, 0.15) is 245 Å². The van der Waals surface area contributed by atoms with Crippen LogP contribution in [0.3, 0.4) is 0 Å². The topological polar surface area (TPSA) is 210 Å². The average Bonchev–Trinajstić information content (AvgIpc) is 1.70. The molecule has 2 unspecified atom stereocenters. The summed E-state index contributed by atoms with van der Waals surface area (Å²) in [5, 5.41) is 34.1. The number of hydrogen-bond donors (Lipinski definition) is 5. The Morgan fingerprint density at radius 1 is 0.538 bits per heavy atom. The molecule has 8 heterocycles. The predicted octanol–water partition coefficient (Wildman–Crippen LogP) is 16.7. The van der Waals surface area contributed by atoms with E-state index in [1.165, 1.54) is 31.4 Å². The lowest BCUT2D eigenvalue weighted by atomic mass is 9.56. The Morgan fingerprint density at radius 3 is 1.31 bits per heavy atom. The minimum atomic E-state index is -0.782. The van der Waals surface area contributed by atoms with Gasteiger partial charge in [-0.2, -0.15) is 0 Å². The van der Waals surface area contributed by atoms with Crippen molar-refractivity contribution in [2.45, 2.75) is 293 Å². The van der Waals surface area contributed by atoms with E-state index in [1.807, 2.05) is 77.9 Å². The van der Waals surface area contributed by atoms with Crippen LogP contribution in [0.5, 0.6) is 0 Å². The molecule has 16 heteroatoms. The number of rotatable bonds is 24. The number of benzene rings is 2. The number of carboxylic acid groups (broad SMARTS) is 1. The van der Waals surface area contributed by atoms with Gasteiger partial charge in [-0.25, -0.2) is 19.6 Å². The number of carbonyl (C=O) groups is 3. The molecule has 17 atom stereocenters. The van der Waals surface area contributed by atoms with Gasteiger partial charge in [0, 0.05) is 68.5 Å². The molecule has 5 N–H and O–H groups in total. The largest absolute Gasteiger partial charge is 0.481 e. The Hall–Kier alpha value is -3.55. The first-order chi connectivity index (χ1) is 44.6. The smallest absolute Gasteiger partial charge is 0.306 e. The number of aliphatic hydroxyl groups excluding tert-OH is 2. The molecule has 12 rings (SSSR count). The molecule has 10 aliphatic rings. The van der Waals surface area contributed by atoms with Crippen molar-refractivity contribution in [1.29, 1.82) is 0 Å². The Balaban J connectivity index is 0.000000255. The van der Waals surface area contributed by atoms with Gasteiger partial charge >= 0.3 is 5.97 Å². The summed E-state index contributed by atoms with van der Waals surface area (Å²) in [6.07, 6.45) is 19.8. The highest BCUT2D eigenvalue weighted by Gasteiger charge is 2.71. The van der Waals surface area contributed by atoms with Gasteiger partial charge in [0.15, 0.2) is 23.8 Å². The molecule has 10 fully saturated rings. The Bertz CT molecular complexity index is 2320. The van der Waals surface area contributed by atoms with Crippen LogP contribution in [0.15, 0.2) is 60.7 Å². The number of hydrogen-bond acceptors (Lipinski definition) is 14. The fourth-order valence-corrected chi connectivity index (χ4v) is 16.0. The van der Waals surface area contributed by atoms with E-state index in [9.17, 15) is 19.5 Å². The van der Waals surface area contributed by atoms with Crippen LogP contribution in [0.4, 0.5) is 5.69 Å². The zero-order chi connectivity index (χ0) is 68.5. The number of para-hydroxylation sites is 1. The van der Waals surface area contributed by atoms with E-state index in [-0.39, 0.29) is 66.1 Å². The van der Waals surface area contributed by atoms with Crippen LogP contribution in [0.2, 0.25) is 0 Å². The number of amides is 1. The summed E-state index contributed by atoms with van der Waals surface area (Å²) in [6, 6.07) is 20.4. The number of carbonyl (C=O) groups excluding carboxylic acids is 2. The quantitative estimate of drug-likeness (QED) is 0.0489. The van der Waals surface area contributed by atoms with E-state index < -0.39 is 41.3 Å². The molecule has 16 nitrogen and oxygen atoms in total. The zero-order valence-corrected chi connectivity index (χ0v) is 60.5. The molecule has 2 aromatic carbocycles. The third kappa shape index (κ3) is 20.8. The molecular formula is C77H130N2O14. The lowest BCUT2D eigenvalue weighted by Gasteiger charge is -2.61. The van der Waals surface area contributed by atoms with E-state index in [1.54, 1.807) is 0 Å². The van der Waals surface area contributed by atoms with Gasteiger partial charge < -0.3 is 49.7 Å². The monoisotopic (exact) mass is 1310 g/mol. The van der Waals surface area contributed by atoms with E-state index in [2.05, 4.69) is 104 Å². The Morgan fingerprint density at radius 2 is 0.968 bits per heavy atom. The van der Waals surface area contributed by atoms with Crippen molar-refractivity contribution >= 4 is 23.9 Å². The number of aliphatic carboxylic acids is 1. The van der Waals surface area contributed by atoms with Gasteiger partial charge in [0.05, 0.1) is 18.1 Å². The van der Waals surface area contributed by atoms with Crippen LogP contribution < -0.4 is 10.6 Å². The lowest BCUT2D eigenvalue weighted by Crippen LogP contribution is -2.70. The summed E-state index contributed by atoms with van der Waals surface area (Å²) in [5.74, 6) is 2.54. The van der Waals surface area contributed by atoms with E-state index in [4.69, 9.17) is 48.7 Å². The van der Waals surface area contributed by atoms with E-state index in [0.29, 0.717) is 48.7 Å². The maximum atomic E-state index is 11.7. The first-order valence-corrected chi connectivity index (χ1v) is 37.0. The second kappa shape index (κ2) is 39.1. The van der Waals surface area contributed by atoms with Crippen LogP contribution in [-0.2, 0) is 59.4 Å². The minimum absolute atomic E-state index is 0.0334. The molecule has 0 aromatic heterocycles. The van der Waals surface area contributed by atoms with Crippen molar-refractivity contribution < 1.29 is 68.2 Å². The second-order valence-corrected chi connectivity index (χ2v) is 29.0. The van der Waals surface area contributed by atoms with Gasteiger partial charge in [0.2, 0.25) is 17.5 Å². The summed E-state index contributed by atoms with van der Waals surface area (Å²) in [5.41, 5.74) is 1.26. The second-order valence-electron chi connectivity index (χ2n) is 29.0. The van der Waals surface area contributed by atoms with Crippen LogP contribution in [0.25, 0.3) is 0 Å². The Labute approximate surface area is 562 Å². The molecule has 2 spiro atoms. The lowest BCUT2D eigenvalue weighted by molar-refractivity contribution is -0.571. The van der Waals surface area contributed by atoms with Gasteiger partial charge in [-0.3, -0.25) is 9.59 Å². The van der Waals surface area contributed by atoms with E-state index >= 15 is 0 Å². The number of carboxylic acids is 1. The van der Waals surface area contributed by atoms with Crippen molar-refractivity contribution in [3.63, 3.8) is 0 Å². The molecule has 532 valence electrons. The van der Waals surface area contributed by atoms with Crippen molar-refractivity contribution in [1.82, 2.24) is 5.32 Å². The van der Waals surface area contributed by atoms with Crippen molar-refractivity contribution in [2.24, 2.45) is 82.9 Å². The molecule has 0 radical (unpaired) electrons. The maximum absolute atomic E-state index is 11.7. The Kier molecular flexibility index (Phi) is 33.7. The summed E-state index contributed by atoms with van der Waals surface area (Å²) >= 11 is 0. The number of nitrogens with one attached hydrogen (secondary N) is 2. The zero-order valence-electron chi connectivity index (χ0n) is 60.5. The molecule has 1 amide bonds. The molecule has 8 aliphatic heterocycles. The number of aldehydes is 1. The summed E-state index contributed by atoms with van der Waals surface area (Å²) < 4.78 is 27.0. The summed E-state index contributed by atoms with van der Waals surface area (Å²) in [7, 11) is 0. The fraction of sp³-hybridized carbons (Fsp3) is 0.805. The molecule has 4 bridgehead atoms. The van der Waals surface area contributed by atoms with E-state index in [0.717, 1.165) is 127 Å². The van der Waals surface area contributed by atoms with Gasteiger partial charge in [0.1, 0.15) is 6.29 Å². The maximum Gasteiger partial charge on any atom is 0.306 e. The molecule has 2 saturated carbocycles. The van der Waals surface area contributed by atoms with Crippen molar-refractivity contribution in [2.75, 3.05) is 25.1 Å². The fourth-order valence-electron chi connectivity index (χ4n) is 16.0. The highest BCUT2D eigenvalue weighted by atomic mass is 17.3. The van der Waals surface area contributed by atoms with Crippen molar-refractivity contribution in [3.05, 3.63) is 66.2 Å². The SMILES string of the molecule is CCC(C=O)CC.CCC(CC)C(=O)NCc1ccccc1.CCC(CC)C(=O)O.CCC(CC)CNc1ccccc1.CCC(CC)CO.C[C@H]1[C@@H](CC(CO)CC2O[C@@H]3O[C@]4(C)CC[C@H]5[C@H](C)CC[C@@H]([C@H]2C)[C@@]35OO4)O[C@@H]2O[C@@]3(C)CC[C@H]4[C@H](C)CC[C@@H]1[C@@]24OO3. The molecule has 93 heavy (non-hydrogen) atoms. The first kappa shape index (κ1) is 80.1. The highest BCUT2D eigenvalue weighted by molar-refractivity contribution is 5.78. The third-order valence-electron chi connectivity index (χ3n) is 23.2. The van der Waals surface area contributed by atoms with Crippen molar-refractivity contribution in [3.8, 4) is 0 Å². The van der Waals surface area contributed by atoms with Gasteiger partial charge in [-0.15, -0.1) is 0 Å². The van der Waals surface area contributed by atoms with Crippen LogP contribution >= 0.6 is 0 Å². The van der Waals surface area contributed by atoms with Gasteiger partial charge in [-0.1, -0.05) is 171 Å². The normalized spacial score (nSPS) is 33.0. The standard InChI is InChI=1S/C34H54O9.C13H19NO.C12H19N.C6H12O2.C6H14O.C6H12O/c1-18-7-9-25-20(3)27(36-29-33(25)23(18)11-13-31(5,38-29)40-42-33)15-22(17-35)16-28-21(4)26-10-8-19(2)24-12-14-32(6)39-30(37-28)34(24,26)43-41-32;1-3-12(4-2)13(15)14-10-11-8-6-5-7-9-11;1-3-11(4-2)10-13-12-8-6-5-7-9-12;1-3-5(4-2)6(7)8;2*1-3-6(4-2)5-7/h18-30,35H,7-17H2,1-6H3;5-9,12H,3-4,10H2,1-2H3,(H,14,15);5-9,11,13H,3-4,10H2,1-2H3;5H,3-4H2,1-2H3,(H,7,8);6-7H,3-5H2,1-2H3;5-6H,3-4H2,1-2H3/t18-,19-,20-,21-,22?,23+,24+,25+,26+,27-,28?,29-,30-,31-,32+,33-,34-;;;;;/m1...../s1. The predicted molar refractivity (Wildman–Crippen MR) is 368 cm³/mol. The van der Waals surface area contributed by atoms with Crippen LogP contribution in [-0.4, -0.2) is 101 Å². The van der Waals surface area contributed by atoms with Gasteiger partial charge in [-0.05, 0) is 175 Å². The number of aliphatic hydroxyl groups is 2. The number of fused-ring (bicyclic) bond motifs is 4. The van der Waals surface area contributed by atoms with Crippen LogP contribution in [0, 0.1) is 82.9 Å². The summed E-state index contributed by atoms with van der Waals surface area (Å²) in [4.78, 5) is 56.5. The first-order valence-electron chi connectivity index (χ1n) is 37.0. The third-order valence-corrected chi connectivity index (χ3v) is 23.2. The average molecular weight is 1310 g/mol. The molecular weight excluding hydrogens is 1180 g/mol. The molecule has 2 aliphatic carbocycles. The van der Waals surface area contributed by atoms with Gasteiger partial charge in [0.25, 0.3) is 0 Å².